The average molecular weight is 420 g/mol. The molecule has 3 amide bonds. The number of likely N-dealkylation sites (N-methyl/N-ethyl adjacent to an activating group) is 1. The first-order valence-corrected chi connectivity index (χ1v) is 9.62. The van der Waals surface area contributed by atoms with Gasteiger partial charge in [-0.15, -0.1) is 0 Å². The summed E-state index contributed by atoms with van der Waals surface area (Å²) < 4.78 is 27.6. The van der Waals surface area contributed by atoms with E-state index in [2.05, 4.69) is 15.1 Å². The van der Waals surface area contributed by atoms with E-state index in [4.69, 9.17) is 4.74 Å². The number of nitrogens with two attached hydrogens (primary N) is 1. The van der Waals surface area contributed by atoms with Gasteiger partial charge in [0.15, 0.2) is 6.61 Å². The monoisotopic (exact) mass is 420 g/mol. The van der Waals surface area contributed by atoms with E-state index in [1.807, 2.05) is 54.6 Å². The van der Waals surface area contributed by atoms with E-state index in [0.29, 0.717) is 5.19 Å². The Morgan fingerprint density at radius 1 is 1.14 bits per heavy atom. The number of aromatic nitrogens is 1. The van der Waals surface area contributed by atoms with Crippen LogP contribution in [-0.4, -0.2) is 39.0 Å². The van der Waals surface area contributed by atoms with E-state index in [1.54, 1.807) is 11.9 Å². The van der Waals surface area contributed by atoms with Crippen LogP contribution in [0, 0.1) is 0 Å². The number of nitrogens with zero attached hydrogens (tertiary/aromatic N) is 3. The van der Waals surface area contributed by atoms with E-state index < -0.39 is 16.5 Å². The van der Waals surface area contributed by atoms with Crippen molar-refractivity contribution in [3.05, 3.63) is 54.6 Å². The van der Waals surface area contributed by atoms with Crippen molar-refractivity contribution in [1.29, 1.82) is 0 Å². The van der Waals surface area contributed by atoms with Gasteiger partial charge in [0.1, 0.15) is 0 Å². The molecule has 0 aliphatic heterocycles. The molecule has 0 saturated heterocycles. The molecular weight excluding hydrogens is 404 g/mol. The molecule has 0 aliphatic carbocycles. The van der Waals surface area contributed by atoms with Crippen molar-refractivity contribution in [1.82, 2.24) is 4.98 Å². The minimum Gasteiger partial charge on any atom is -0.460 e. The summed E-state index contributed by atoms with van der Waals surface area (Å²) in [5, 5.41) is 0.519. The van der Waals surface area contributed by atoms with Gasteiger partial charge in [-0.3, -0.25) is 4.79 Å². The first-order chi connectivity index (χ1) is 13.4. The molecule has 2 aromatic carbocycles. The fourth-order valence-corrected chi connectivity index (χ4v) is 2.96. The Morgan fingerprint density at radius 3 is 2.36 bits per heavy atom. The quantitative estimate of drug-likeness (QED) is 0.689. The number of thiazole rings is 1. The number of urea groups is 1. The fourth-order valence-electron chi connectivity index (χ4n) is 2.00. The van der Waals surface area contributed by atoms with Gasteiger partial charge in [-0.05, 0) is 24.3 Å². The van der Waals surface area contributed by atoms with Gasteiger partial charge >= 0.3 is 16.5 Å². The third-order valence-electron chi connectivity index (χ3n) is 3.28. The fraction of sp³-hybridized carbons (Fsp3) is 0.118. The van der Waals surface area contributed by atoms with Crippen molar-refractivity contribution in [2.24, 2.45) is 10.1 Å². The molecule has 2 N–H and O–H groups in total. The van der Waals surface area contributed by atoms with Crippen LogP contribution >= 0.6 is 11.3 Å². The highest BCUT2D eigenvalue weighted by atomic mass is 32.2. The van der Waals surface area contributed by atoms with Crippen LogP contribution in [0.2, 0.25) is 0 Å². The van der Waals surface area contributed by atoms with Gasteiger partial charge in [-0.25, -0.2) is 9.78 Å². The lowest BCUT2D eigenvalue weighted by Crippen LogP contribution is -2.31. The maximum absolute atomic E-state index is 12.1. The van der Waals surface area contributed by atoms with Gasteiger partial charge in [-0.1, -0.05) is 46.0 Å². The second-order valence-electron chi connectivity index (χ2n) is 5.17. The predicted molar refractivity (Wildman–Crippen MR) is 106 cm³/mol. The number of anilines is 1. The summed E-state index contributed by atoms with van der Waals surface area (Å²) in [4.78, 5) is 27.5. The Hall–Kier alpha value is -3.31. The number of para-hydroxylation sites is 2. The summed E-state index contributed by atoms with van der Waals surface area (Å²) >= 11 is 1.44. The van der Waals surface area contributed by atoms with E-state index in [-0.39, 0.29) is 12.5 Å². The highest BCUT2D eigenvalue weighted by Crippen LogP contribution is 2.27. The molecule has 11 heteroatoms. The zero-order valence-electron chi connectivity index (χ0n) is 14.7. The van der Waals surface area contributed by atoms with Crippen LogP contribution in [0.5, 0.6) is 5.19 Å². The van der Waals surface area contributed by atoms with Crippen LogP contribution < -0.4 is 15.4 Å². The maximum Gasteiger partial charge on any atom is 0.353 e. The van der Waals surface area contributed by atoms with Crippen molar-refractivity contribution in [2.45, 2.75) is 0 Å². The zero-order chi connectivity index (χ0) is 20.5. The number of hydrogen-bond donors (Lipinski definition) is 1. The third kappa shape index (κ3) is 6.45. The molecular formula is C17H16N4O5S2. The molecule has 9 nitrogen and oxygen atoms in total. The molecule has 0 atom stereocenters. The minimum absolute atomic E-state index is 0.0226. The molecule has 3 aromatic rings. The van der Waals surface area contributed by atoms with Crippen LogP contribution in [0.1, 0.15) is 0 Å². The SMILES string of the molecule is CN(C(=O)COc1nc2ccccc2s1)c1ccccc1.NC(=O)N=S(=O)=O. The Balaban J connectivity index is 0.000000345. The van der Waals surface area contributed by atoms with Crippen LogP contribution in [0.4, 0.5) is 10.5 Å². The van der Waals surface area contributed by atoms with Crippen molar-refractivity contribution >= 4 is 49.7 Å². The molecule has 0 radical (unpaired) electrons. The smallest absolute Gasteiger partial charge is 0.353 e. The largest absolute Gasteiger partial charge is 0.460 e. The van der Waals surface area contributed by atoms with Crippen molar-refractivity contribution in [3.63, 3.8) is 0 Å². The molecule has 1 aromatic heterocycles. The molecule has 0 bridgehead atoms. The Morgan fingerprint density at radius 2 is 1.79 bits per heavy atom. The van der Waals surface area contributed by atoms with Gasteiger partial charge < -0.3 is 15.4 Å². The number of rotatable bonds is 4. The number of fused-ring (bicyclic) bond motifs is 1. The topological polar surface area (TPSA) is 132 Å². The average Bonchev–Trinajstić information content (AvgIpc) is 3.08. The van der Waals surface area contributed by atoms with E-state index in [0.717, 1.165) is 15.9 Å². The number of primary amides is 1. The number of carbonyl (C=O) groups excluding carboxylic acids is 2. The van der Waals surface area contributed by atoms with Crippen LogP contribution in [0.25, 0.3) is 10.2 Å². The maximum atomic E-state index is 12.1. The molecule has 0 spiro atoms. The summed E-state index contributed by atoms with van der Waals surface area (Å²) in [6, 6.07) is 16.1. The van der Waals surface area contributed by atoms with Gasteiger partial charge in [0.2, 0.25) is 0 Å². The zero-order valence-corrected chi connectivity index (χ0v) is 16.3. The molecule has 28 heavy (non-hydrogen) atoms. The first-order valence-electron chi connectivity index (χ1n) is 7.77. The van der Waals surface area contributed by atoms with Crippen LogP contribution in [-0.2, 0) is 15.3 Å². The molecule has 146 valence electrons. The van der Waals surface area contributed by atoms with Crippen molar-refractivity contribution in [2.75, 3.05) is 18.6 Å². The Bertz CT molecular complexity index is 1060. The summed E-state index contributed by atoms with van der Waals surface area (Å²) in [7, 11) is -0.960. The molecule has 0 unspecified atom stereocenters. The van der Waals surface area contributed by atoms with E-state index in [9.17, 15) is 18.0 Å². The lowest BCUT2D eigenvalue weighted by atomic mass is 10.3. The van der Waals surface area contributed by atoms with Crippen molar-refractivity contribution in [3.8, 4) is 5.19 Å². The minimum atomic E-state index is -2.70. The van der Waals surface area contributed by atoms with Gasteiger partial charge in [0.05, 0.1) is 10.2 Å². The first kappa shape index (κ1) is 21.0. The highest BCUT2D eigenvalue weighted by Gasteiger charge is 2.12. The molecule has 1 heterocycles. The highest BCUT2D eigenvalue weighted by molar-refractivity contribution is 7.62. The number of hydrogen-bond acceptors (Lipinski definition) is 7. The number of carbonyl (C=O) groups is 2. The van der Waals surface area contributed by atoms with Gasteiger partial charge in [0, 0.05) is 12.7 Å². The predicted octanol–water partition coefficient (Wildman–Crippen LogP) is 2.47. The number of amides is 3. The third-order valence-corrected chi connectivity index (χ3v) is 4.55. The molecule has 0 fully saturated rings. The lowest BCUT2D eigenvalue weighted by molar-refractivity contribution is -0.120. The van der Waals surface area contributed by atoms with Crippen molar-refractivity contribution < 1.29 is 22.7 Å². The molecule has 3 rings (SSSR count). The number of benzene rings is 2. The normalized spacial score (nSPS) is 9.75. The molecule has 0 saturated carbocycles. The summed E-state index contributed by atoms with van der Waals surface area (Å²) in [6.45, 7) is -0.0226. The number of ether oxygens (including phenoxy) is 1. The second-order valence-corrected chi connectivity index (χ2v) is 6.78. The summed E-state index contributed by atoms with van der Waals surface area (Å²) in [6.07, 6.45) is 0. The van der Waals surface area contributed by atoms with Gasteiger partial charge in [-0.2, -0.15) is 8.42 Å². The molecule has 0 aliphatic rings. The Kier molecular flexibility index (Phi) is 7.60. The van der Waals surface area contributed by atoms with Crippen LogP contribution in [0.15, 0.2) is 59.0 Å². The standard InChI is InChI=1S/C16H14N2O2S.CH2N2O3S/c1-18(12-7-3-2-4-8-12)15(19)11-20-16-17-13-9-5-6-10-14(13)21-16;2-1(4)3-7(5)6/h2-10H,11H2,1H3;(H2,2,4). The Labute approximate surface area is 166 Å². The lowest BCUT2D eigenvalue weighted by Gasteiger charge is -2.16. The van der Waals surface area contributed by atoms with Crippen LogP contribution in [0.3, 0.4) is 0 Å². The summed E-state index contributed by atoms with van der Waals surface area (Å²) in [5.41, 5.74) is 6.03. The summed E-state index contributed by atoms with van der Waals surface area (Å²) in [5.74, 6) is -0.111. The van der Waals surface area contributed by atoms with E-state index in [1.165, 1.54) is 11.3 Å². The van der Waals surface area contributed by atoms with E-state index >= 15 is 0 Å². The van der Waals surface area contributed by atoms with Gasteiger partial charge in [0.25, 0.3) is 11.1 Å². The second kappa shape index (κ2) is 10.1.